The molecule has 0 bridgehead atoms. The van der Waals surface area contributed by atoms with E-state index in [-0.39, 0.29) is 36.1 Å². The number of nitrogens with one attached hydrogen (secondary N) is 1. The fourth-order valence-corrected chi connectivity index (χ4v) is 6.67. The molecular formula is C32H42N6O3. The summed E-state index contributed by atoms with van der Waals surface area (Å²) in [5.74, 6) is 1.18. The molecule has 41 heavy (non-hydrogen) atoms. The molecule has 3 heterocycles. The van der Waals surface area contributed by atoms with Crippen molar-refractivity contribution in [2.45, 2.75) is 98.2 Å². The van der Waals surface area contributed by atoms with E-state index in [9.17, 15) is 14.4 Å². The third kappa shape index (κ3) is 6.04. The highest BCUT2D eigenvalue weighted by atomic mass is 16.2. The zero-order valence-corrected chi connectivity index (χ0v) is 24.9. The second-order valence-corrected chi connectivity index (χ2v) is 12.1. The van der Waals surface area contributed by atoms with Gasteiger partial charge in [0.2, 0.25) is 11.8 Å². The molecule has 1 aliphatic carbocycles. The second-order valence-electron chi connectivity index (χ2n) is 12.1. The van der Waals surface area contributed by atoms with Gasteiger partial charge in [0, 0.05) is 42.9 Å². The van der Waals surface area contributed by atoms with Gasteiger partial charge in [-0.05, 0) is 68.7 Å². The Bertz CT molecular complexity index is 1440. The molecule has 5 rings (SSSR count). The average molecular weight is 559 g/mol. The Morgan fingerprint density at radius 1 is 1.00 bits per heavy atom. The van der Waals surface area contributed by atoms with E-state index in [1.54, 1.807) is 22.0 Å². The first-order valence-electron chi connectivity index (χ1n) is 15.0. The Balaban J connectivity index is 1.37. The van der Waals surface area contributed by atoms with Gasteiger partial charge < -0.3 is 10.2 Å². The van der Waals surface area contributed by atoms with Crippen molar-refractivity contribution in [1.82, 2.24) is 30.0 Å². The number of amides is 2. The van der Waals surface area contributed by atoms with E-state index < -0.39 is 6.04 Å². The normalized spacial score (nSPS) is 21.4. The van der Waals surface area contributed by atoms with Crippen LogP contribution in [0.2, 0.25) is 0 Å². The predicted octanol–water partition coefficient (Wildman–Crippen LogP) is 5.02. The lowest BCUT2D eigenvalue weighted by Crippen LogP contribution is -2.49. The number of fused-ring (bicyclic) bond motifs is 1. The van der Waals surface area contributed by atoms with Gasteiger partial charge in [-0.1, -0.05) is 39.0 Å². The SMILES string of the molecule is CC(=O)c1nn(CC(=O)N2[C@H](C)[C@@H](C)C[C@H]2C(=O)NCCC2CCCCC2)c2c(C)cc(-c3cnc(C)nc3)cc12. The zero-order chi connectivity index (χ0) is 29.3. The van der Waals surface area contributed by atoms with Gasteiger partial charge in [-0.25, -0.2) is 9.97 Å². The number of carbonyl (C=O) groups is 3. The molecule has 1 saturated heterocycles. The summed E-state index contributed by atoms with van der Waals surface area (Å²) in [5.41, 5.74) is 3.69. The molecule has 3 aromatic rings. The molecular weight excluding hydrogens is 516 g/mol. The monoisotopic (exact) mass is 558 g/mol. The number of hydrogen-bond acceptors (Lipinski definition) is 6. The van der Waals surface area contributed by atoms with Crippen molar-refractivity contribution in [1.29, 1.82) is 0 Å². The summed E-state index contributed by atoms with van der Waals surface area (Å²) >= 11 is 0. The van der Waals surface area contributed by atoms with Crippen LogP contribution in [0.15, 0.2) is 24.5 Å². The second kappa shape index (κ2) is 12.1. The summed E-state index contributed by atoms with van der Waals surface area (Å²) in [5, 5.41) is 8.44. The highest BCUT2D eigenvalue weighted by Crippen LogP contribution is 2.33. The molecule has 0 unspecified atom stereocenters. The van der Waals surface area contributed by atoms with E-state index in [1.807, 2.05) is 32.9 Å². The van der Waals surface area contributed by atoms with Crippen LogP contribution >= 0.6 is 0 Å². The number of nitrogens with zero attached hydrogens (tertiary/aromatic N) is 5. The molecule has 9 nitrogen and oxygen atoms in total. The Kier molecular flexibility index (Phi) is 8.52. The Morgan fingerprint density at radius 3 is 2.39 bits per heavy atom. The van der Waals surface area contributed by atoms with Crippen molar-refractivity contribution >= 4 is 28.5 Å². The summed E-state index contributed by atoms with van der Waals surface area (Å²) in [7, 11) is 0. The fourth-order valence-electron chi connectivity index (χ4n) is 6.67. The van der Waals surface area contributed by atoms with Gasteiger partial charge >= 0.3 is 0 Å². The lowest BCUT2D eigenvalue weighted by atomic mass is 9.87. The lowest BCUT2D eigenvalue weighted by Gasteiger charge is -2.29. The molecule has 2 fully saturated rings. The number of aryl methyl sites for hydroxylation is 2. The van der Waals surface area contributed by atoms with Crippen molar-refractivity contribution in [3.8, 4) is 11.1 Å². The number of rotatable bonds is 8. The van der Waals surface area contributed by atoms with E-state index in [2.05, 4.69) is 27.3 Å². The van der Waals surface area contributed by atoms with E-state index in [0.717, 1.165) is 28.6 Å². The minimum atomic E-state index is -0.498. The van der Waals surface area contributed by atoms with Crippen LogP contribution in [0.4, 0.5) is 0 Å². The molecule has 2 amide bonds. The predicted molar refractivity (Wildman–Crippen MR) is 158 cm³/mol. The summed E-state index contributed by atoms with van der Waals surface area (Å²) in [4.78, 5) is 50.1. The highest BCUT2D eigenvalue weighted by molar-refractivity contribution is 6.07. The molecule has 0 radical (unpaired) electrons. The van der Waals surface area contributed by atoms with Gasteiger partial charge in [-0.3, -0.25) is 19.1 Å². The van der Waals surface area contributed by atoms with Crippen LogP contribution in [-0.2, 0) is 16.1 Å². The smallest absolute Gasteiger partial charge is 0.245 e. The third-order valence-electron chi connectivity index (χ3n) is 9.13. The molecule has 1 aromatic carbocycles. The number of ketones is 1. The standard InChI is InChI=1S/C32H42N6O3/c1-19-14-28(32(41)33-12-11-24-9-7-6-8-10-24)38(21(19)3)29(40)18-37-31-20(2)13-25(26-16-34-23(5)35-17-26)15-27(31)30(36-37)22(4)39/h13,15-17,19,21,24,28H,6-12,14,18H2,1-5H3,(H,33,41)/t19-,21+,28-/m0/s1. The van der Waals surface area contributed by atoms with Crippen LogP contribution in [0.3, 0.4) is 0 Å². The maximum atomic E-state index is 13.8. The summed E-state index contributed by atoms with van der Waals surface area (Å²) in [6.07, 6.45) is 11.6. The maximum absolute atomic E-state index is 13.8. The molecule has 0 spiro atoms. The average Bonchev–Trinajstić information content (AvgIpc) is 3.46. The number of hydrogen-bond donors (Lipinski definition) is 1. The summed E-state index contributed by atoms with van der Waals surface area (Å²) in [6, 6.07) is 3.36. The first-order chi connectivity index (χ1) is 19.6. The van der Waals surface area contributed by atoms with Crippen LogP contribution in [0.1, 0.15) is 87.6 Å². The number of aromatic nitrogens is 4. The first kappa shape index (κ1) is 28.9. The van der Waals surface area contributed by atoms with Gasteiger partial charge in [-0.2, -0.15) is 5.10 Å². The van der Waals surface area contributed by atoms with Gasteiger partial charge in [0.1, 0.15) is 24.1 Å². The number of likely N-dealkylation sites (tertiary alicyclic amines) is 1. The lowest BCUT2D eigenvalue weighted by molar-refractivity contribution is -0.140. The number of Topliss-reactive ketones (excluding diaryl/α,β-unsaturated/α-hetero) is 1. The van der Waals surface area contributed by atoms with Gasteiger partial charge in [0.15, 0.2) is 5.78 Å². The van der Waals surface area contributed by atoms with E-state index in [0.29, 0.717) is 35.8 Å². The number of benzene rings is 1. The topological polar surface area (TPSA) is 110 Å². The van der Waals surface area contributed by atoms with Gasteiger partial charge in [0.25, 0.3) is 0 Å². The van der Waals surface area contributed by atoms with Crippen molar-refractivity contribution in [2.75, 3.05) is 6.54 Å². The fraction of sp³-hybridized carbons (Fsp3) is 0.562. The molecule has 9 heteroatoms. The van der Waals surface area contributed by atoms with E-state index >= 15 is 0 Å². The Morgan fingerprint density at radius 2 is 1.71 bits per heavy atom. The minimum Gasteiger partial charge on any atom is -0.354 e. The van der Waals surface area contributed by atoms with Crippen molar-refractivity contribution in [2.24, 2.45) is 11.8 Å². The van der Waals surface area contributed by atoms with Crippen LogP contribution in [0.5, 0.6) is 0 Å². The minimum absolute atomic E-state index is 0.0411. The Labute approximate surface area is 242 Å². The van der Waals surface area contributed by atoms with E-state index in [4.69, 9.17) is 0 Å². The molecule has 1 saturated carbocycles. The van der Waals surface area contributed by atoms with Crippen LogP contribution in [-0.4, -0.2) is 60.9 Å². The molecule has 218 valence electrons. The van der Waals surface area contributed by atoms with Crippen molar-refractivity contribution in [3.05, 3.63) is 41.6 Å². The van der Waals surface area contributed by atoms with Crippen molar-refractivity contribution < 1.29 is 14.4 Å². The van der Waals surface area contributed by atoms with Gasteiger partial charge in [0.05, 0.1) is 5.52 Å². The molecule has 1 aliphatic heterocycles. The van der Waals surface area contributed by atoms with Crippen LogP contribution < -0.4 is 5.32 Å². The zero-order valence-electron chi connectivity index (χ0n) is 24.9. The summed E-state index contributed by atoms with van der Waals surface area (Å²) < 4.78 is 1.63. The molecule has 2 aliphatic rings. The first-order valence-corrected chi connectivity index (χ1v) is 15.0. The number of carbonyl (C=O) groups excluding carboxylic acids is 3. The quantitative estimate of drug-likeness (QED) is 0.389. The largest absolute Gasteiger partial charge is 0.354 e. The van der Waals surface area contributed by atoms with Crippen LogP contribution in [0.25, 0.3) is 22.0 Å². The molecule has 1 N–H and O–H groups in total. The summed E-state index contributed by atoms with van der Waals surface area (Å²) in [6.45, 7) is 10.0. The Hall–Kier alpha value is -3.62. The molecule has 2 aromatic heterocycles. The van der Waals surface area contributed by atoms with E-state index in [1.165, 1.54) is 39.0 Å². The molecule has 3 atom stereocenters. The van der Waals surface area contributed by atoms with Crippen LogP contribution in [0, 0.1) is 25.7 Å². The van der Waals surface area contributed by atoms with Crippen molar-refractivity contribution in [3.63, 3.8) is 0 Å². The third-order valence-corrected chi connectivity index (χ3v) is 9.13. The maximum Gasteiger partial charge on any atom is 0.245 e. The van der Waals surface area contributed by atoms with Gasteiger partial charge in [-0.15, -0.1) is 0 Å². The highest BCUT2D eigenvalue weighted by Gasteiger charge is 2.43.